The molecule has 0 spiro atoms. The molecule has 0 aliphatic carbocycles. The van der Waals surface area contributed by atoms with Crippen LogP contribution in [0.25, 0.3) is 10.8 Å². The lowest BCUT2D eigenvalue weighted by molar-refractivity contribution is -0.123. The maximum Gasteiger partial charge on any atom is 0.237 e. The van der Waals surface area contributed by atoms with Crippen LogP contribution < -0.4 is 10.6 Å². The lowest BCUT2D eigenvalue weighted by atomic mass is 10.0. The minimum Gasteiger partial charge on any atom is -0.353 e. The van der Waals surface area contributed by atoms with Crippen LogP contribution in [-0.2, 0) is 4.79 Å². The van der Waals surface area contributed by atoms with E-state index in [-0.39, 0.29) is 24.0 Å². The van der Waals surface area contributed by atoms with Crippen molar-refractivity contribution in [2.45, 2.75) is 45.8 Å². The normalized spacial score (nSPS) is 14.1. The molecule has 3 nitrogen and oxygen atoms in total. The van der Waals surface area contributed by atoms with Gasteiger partial charge in [0.15, 0.2) is 0 Å². The average molecular weight is 284 g/mol. The molecule has 2 N–H and O–H groups in total. The molecule has 0 aliphatic rings. The molecule has 0 radical (unpaired) electrons. The van der Waals surface area contributed by atoms with Gasteiger partial charge in [0, 0.05) is 12.1 Å². The summed E-state index contributed by atoms with van der Waals surface area (Å²) in [7, 11) is 0. The summed E-state index contributed by atoms with van der Waals surface area (Å²) in [5, 5.41) is 8.74. The van der Waals surface area contributed by atoms with E-state index in [4.69, 9.17) is 0 Å². The second-order valence-electron chi connectivity index (χ2n) is 5.88. The van der Waals surface area contributed by atoms with Crippen molar-refractivity contribution in [3.63, 3.8) is 0 Å². The van der Waals surface area contributed by atoms with Crippen molar-refractivity contribution in [2.24, 2.45) is 0 Å². The predicted molar refractivity (Wildman–Crippen MR) is 88.2 cm³/mol. The maximum absolute atomic E-state index is 12.0. The second kappa shape index (κ2) is 6.72. The van der Waals surface area contributed by atoms with E-state index in [9.17, 15) is 4.79 Å². The van der Waals surface area contributed by atoms with E-state index >= 15 is 0 Å². The first kappa shape index (κ1) is 15.5. The van der Waals surface area contributed by atoms with E-state index in [1.165, 1.54) is 16.3 Å². The zero-order chi connectivity index (χ0) is 15.4. The molecule has 3 heteroatoms. The van der Waals surface area contributed by atoms with Crippen LogP contribution in [0.2, 0.25) is 0 Å². The molecule has 2 aromatic carbocycles. The minimum atomic E-state index is -0.214. The van der Waals surface area contributed by atoms with Crippen molar-refractivity contribution in [2.75, 3.05) is 0 Å². The van der Waals surface area contributed by atoms with Gasteiger partial charge in [-0.1, -0.05) is 36.4 Å². The van der Waals surface area contributed by atoms with Gasteiger partial charge in [0.1, 0.15) is 0 Å². The van der Waals surface area contributed by atoms with Crippen molar-refractivity contribution in [1.82, 2.24) is 10.6 Å². The van der Waals surface area contributed by atoms with Gasteiger partial charge in [0.05, 0.1) is 6.04 Å². The Morgan fingerprint density at radius 3 is 2.29 bits per heavy atom. The summed E-state index contributed by atoms with van der Waals surface area (Å²) in [6, 6.07) is 14.8. The summed E-state index contributed by atoms with van der Waals surface area (Å²) in [6.07, 6.45) is 0. The van der Waals surface area contributed by atoms with Crippen LogP contribution in [0.1, 0.15) is 39.3 Å². The standard InChI is InChI=1S/C18H24N2O/c1-12(2)19-18(21)14(4)20-13(3)16-10-9-15-7-5-6-8-17(15)11-16/h5-14,20H,1-4H3,(H,19,21). The van der Waals surface area contributed by atoms with Gasteiger partial charge in [-0.2, -0.15) is 0 Å². The molecule has 0 saturated heterocycles. The molecule has 0 fully saturated rings. The van der Waals surface area contributed by atoms with Crippen molar-refractivity contribution in [1.29, 1.82) is 0 Å². The minimum absolute atomic E-state index is 0.0395. The lowest BCUT2D eigenvalue weighted by Crippen LogP contribution is -2.45. The van der Waals surface area contributed by atoms with Gasteiger partial charge in [-0.25, -0.2) is 0 Å². The first-order chi connectivity index (χ1) is 9.97. The number of carbonyl (C=O) groups excluding carboxylic acids is 1. The van der Waals surface area contributed by atoms with Gasteiger partial charge in [-0.05, 0) is 50.1 Å². The van der Waals surface area contributed by atoms with Crippen molar-refractivity contribution >= 4 is 16.7 Å². The number of carbonyl (C=O) groups is 1. The van der Waals surface area contributed by atoms with Gasteiger partial charge < -0.3 is 5.32 Å². The van der Waals surface area contributed by atoms with Crippen LogP contribution in [0.4, 0.5) is 0 Å². The number of amides is 1. The summed E-state index contributed by atoms with van der Waals surface area (Å²) < 4.78 is 0. The number of fused-ring (bicyclic) bond motifs is 1. The highest BCUT2D eigenvalue weighted by molar-refractivity contribution is 5.83. The van der Waals surface area contributed by atoms with Crippen LogP contribution in [0, 0.1) is 0 Å². The topological polar surface area (TPSA) is 41.1 Å². The molecule has 0 heterocycles. The van der Waals surface area contributed by atoms with E-state index in [1.54, 1.807) is 0 Å². The third-order valence-electron chi connectivity index (χ3n) is 3.60. The first-order valence-electron chi connectivity index (χ1n) is 7.52. The van der Waals surface area contributed by atoms with E-state index in [0.29, 0.717) is 0 Å². The molecule has 0 aromatic heterocycles. The lowest BCUT2D eigenvalue weighted by Gasteiger charge is -2.21. The maximum atomic E-state index is 12.0. The molecule has 2 rings (SSSR count). The van der Waals surface area contributed by atoms with E-state index in [2.05, 4.69) is 47.9 Å². The SMILES string of the molecule is CC(C)NC(=O)C(C)NC(C)c1ccc2ccccc2c1. The third kappa shape index (κ3) is 4.05. The van der Waals surface area contributed by atoms with Gasteiger partial charge in [0.2, 0.25) is 5.91 Å². The first-order valence-corrected chi connectivity index (χ1v) is 7.52. The number of rotatable bonds is 5. The molecule has 2 unspecified atom stereocenters. The Morgan fingerprint density at radius 2 is 1.62 bits per heavy atom. The fourth-order valence-corrected chi connectivity index (χ4v) is 2.43. The van der Waals surface area contributed by atoms with Crippen LogP contribution in [0.15, 0.2) is 42.5 Å². The number of benzene rings is 2. The number of hydrogen-bond acceptors (Lipinski definition) is 2. The van der Waals surface area contributed by atoms with Crippen molar-refractivity contribution in [3.05, 3.63) is 48.0 Å². The average Bonchev–Trinajstić information content (AvgIpc) is 2.45. The van der Waals surface area contributed by atoms with Crippen molar-refractivity contribution < 1.29 is 4.79 Å². The molecule has 0 aliphatic heterocycles. The second-order valence-corrected chi connectivity index (χ2v) is 5.88. The van der Waals surface area contributed by atoms with Gasteiger partial charge in [-0.3, -0.25) is 10.1 Å². The molecule has 0 bridgehead atoms. The molecule has 1 amide bonds. The monoisotopic (exact) mass is 284 g/mol. The van der Waals surface area contributed by atoms with E-state index < -0.39 is 0 Å². The van der Waals surface area contributed by atoms with Crippen LogP contribution in [0.3, 0.4) is 0 Å². The molecule has 2 aromatic rings. The highest BCUT2D eigenvalue weighted by Crippen LogP contribution is 2.20. The van der Waals surface area contributed by atoms with Gasteiger partial charge in [0.25, 0.3) is 0 Å². The smallest absolute Gasteiger partial charge is 0.237 e. The largest absolute Gasteiger partial charge is 0.353 e. The van der Waals surface area contributed by atoms with Crippen molar-refractivity contribution in [3.8, 4) is 0 Å². The zero-order valence-electron chi connectivity index (χ0n) is 13.2. The molecule has 112 valence electrons. The fourth-order valence-electron chi connectivity index (χ4n) is 2.43. The molecule has 2 atom stereocenters. The third-order valence-corrected chi connectivity index (χ3v) is 3.60. The predicted octanol–water partition coefficient (Wildman–Crippen LogP) is 3.40. The Bertz CT molecular complexity index is 621. The molecular weight excluding hydrogens is 260 g/mol. The highest BCUT2D eigenvalue weighted by atomic mass is 16.2. The number of nitrogens with one attached hydrogen (secondary N) is 2. The fraction of sp³-hybridized carbons (Fsp3) is 0.389. The number of hydrogen-bond donors (Lipinski definition) is 2. The summed E-state index contributed by atoms with van der Waals surface area (Å²) in [6.45, 7) is 7.92. The molecule has 21 heavy (non-hydrogen) atoms. The summed E-state index contributed by atoms with van der Waals surface area (Å²) in [5.74, 6) is 0.0395. The van der Waals surface area contributed by atoms with Crippen LogP contribution in [-0.4, -0.2) is 18.0 Å². The Balaban J connectivity index is 2.07. The summed E-state index contributed by atoms with van der Waals surface area (Å²) in [5.41, 5.74) is 1.19. The van der Waals surface area contributed by atoms with E-state index in [0.717, 1.165) is 0 Å². The van der Waals surface area contributed by atoms with Gasteiger partial charge in [-0.15, -0.1) is 0 Å². The Morgan fingerprint density at radius 1 is 0.952 bits per heavy atom. The Labute approximate surface area is 126 Å². The highest BCUT2D eigenvalue weighted by Gasteiger charge is 2.16. The molecular formula is C18H24N2O. The zero-order valence-corrected chi connectivity index (χ0v) is 13.2. The quantitative estimate of drug-likeness (QED) is 0.883. The summed E-state index contributed by atoms with van der Waals surface area (Å²) >= 11 is 0. The van der Waals surface area contributed by atoms with Crippen LogP contribution in [0.5, 0.6) is 0 Å². The summed E-state index contributed by atoms with van der Waals surface area (Å²) in [4.78, 5) is 12.0. The Kier molecular flexibility index (Phi) is 4.97. The van der Waals surface area contributed by atoms with E-state index in [1.807, 2.05) is 32.9 Å². The van der Waals surface area contributed by atoms with Gasteiger partial charge >= 0.3 is 0 Å². The van der Waals surface area contributed by atoms with Crippen LogP contribution >= 0.6 is 0 Å². The Hall–Kier alpha value is -1.87. The molecule has 0 saturated carbocycles.